The summed E-state index contributed by atoms with van der Waals surface area (Å²) in [5, 5.41) is 0. The first-order chi connectivity index (χ1) is 10.6. The van der Waals surface area contributed by atoms with Gasteiger partial charge in [-0.05, 0) is 80.0 Å². The van der Waals surface area contributed by atoms with Crippen molar-refractivity contribution in [2.45, 2.75) is 70.3 Å². The molecule has 3 unspecified atom stereocenters. The van der Waals surface area contributed by atoms with Gasteiger partial charge in [0.25, 0.3) is 0 Å². The van der Waals surface area contributed by atoms with Crippen molar-refractivity contribution in [1.29, 1.82) is 0 Å². The first kappa shape index (κ1) is 16.2. The molecule has 0 radical (unpaired) electrons. The molecule has 0 aromatic rings. The van der Waals surface area contributed by atoms with Gasteiger partial charge >= 0.3 is 0 Å². The molecule has 6 aliphatic rings. The predicted octanol–water partition coefficient (Wildman–Crippen LogP) is 3.97. The molecule has 1 aliphatic heterocycles. The normalized spacial score (nSPS) is 48.7. The number of nitrogens with zero attached hydrogens (tertiary/aromatic N) is 2. The van der Waals surface area contributed by atoms with Crippen molar-refractivity contribution in [1.82, 2.24) is 4.90 Å². The van der Waals surface area contributed by atoms with Gasteiger partial charge in [0.15, 0.2) is 5.96 Å². The Hall–Kier alpha value is -0.250. The highest BCUT2D eigenvalue weighted by Gasteiger charge is 2.62. The van der Waals surface area contributed by atoms with Gasteiger partial charge in [0.05, 0.1) is 12.6 Å². The third-order valence-corrected chi connectivity index (χ3v) is 8.33. The number of nitrogens with two attached hydrogens (primary N) is 1. The van der Waals surface area contributed by atoms with Crippen molar-refractivity contribution in [3.05, 3.63) is 0 Å². The monoisotopic (exact) mass is 381 g/mol. The third kappa shape index (κ3) is 2.22. The summed E-state index contributed by atoms with van der Waals surface area (Å²) >= 11 is 0. The van der Waals surface area contributed by atoms with Crippen LogP contribution in [0.3, 0.4) is 0 Å². The van der Waals surface area contributed by atoms with Crippen LogP contribution in [0.2, 0.25) is 0 Å². The molecule has 4 bridgehead atoms. The molecule has 23 heavy (non-hydrogen) atoms. The van der Waals surface area contributed by atoms with E-state index >= 15 is 0 Å². The Kier molecular flexibility index (Phi) is 3.79. The van der Waals surface area contributed by atoms with E-state index in [0.717, 1.165) is 30.3 Å². The average Bonchev–Trinajstić information content (AvgIpc) is 3.09. The van der Waals surface area contributed by atoms with Crippen LogP contribution in [0.4, 0.5) is 0 Å². The van der Waals surface area contributed by atoms with E-state index in [1.54, 1.807) is 12.8 Å². The SMILES string of the molecule is Br.CN1C(N)=NCC1C12CC3CC(CC(C4CCCC4)(C3)C1)C2. The zero-order chi connectivity index (χ0) is 14.9. The largest absolute Gasteiger partial charge is 0.370 e. The van der Waals surface area contributed by atoms with Gasteiger partial charge in [-0.3, -0.25) is 4.99 Å². The van der Waals surface area contributed by atoms with Crippen LogP contribution in [0.25, 0.3) is 0 Å². The lowest BCUT2D eigenvalue weighted by Crippen LogP contribution is -2.61. The maximum atomic E-state index is 6.12. The van der Waals surface area contributed by atoms with Gasteiger partial charge in [0, 0.05) is 7.05 Å². The fraction of sp³-hybridized carbons (Fsp3) is 0.947. The number of guanidine groups is 1. The quantitative estimate of drug-likeness (QED) is 0.785. The third-order valence-electron chi connectivity index (χ3n) is 8.33. The minimum absolute atomic E-state index is 0. The van der Waals surface area contributed by atoms with Gasteiger partial charge in [-0.25, -0.2) is 0 Å². The summed E-state index contributed by atoms with van der Waals surface area (Å²) in [5.74, 6) is 3.85. The van der Waals surface area contributed by atoms with Crippen LogP contribution in [-0.2, 0) is 0 Å². The van der Waals surface area contributed by atoms with Gasteiger partial charge < -0.3 is 10.6 Å². The highest BCUT2D eigenvalue weighted by Crippen LogP contribution is 2.70. The summed E-state index contributed by atoms with van der Waals surface area (Å²) in [6, 6.07) is 0.596. The number of hydrogen-bond acceptors (Lipinski definition) is 3. The topological polar surface area (TPSA) is 41.6 Å². The molecule has 0 aromatic carbocycles. The second-order valence-corrected chi connectivity index (χ2v) is 9.49. The number of likely N-dealkylation sites (N-methyl/N-ethyl adjacent to an activating group) is 1. The lowest BCUT2D eigenvalue weighted by atomic mass is 9.40. The Morgan fingerprint density at radius 1 is 1.04 bits per heavy atom. The van der Waals surface area contributed by atoms with E-state index in [0.29, 0.717) is 16.9 Å². The Labute approximate surface area is 151 Å². The molecule has 1 heterocycles. The zero-order valence-corrected chi connectivity index (χ0v) is 16.2. The van der Waals surface area contributed by atoms with E-state index < -0.39 is 0 Å². The molecule has 0 spiro atoms. The predicted molar refractivity (Wildman–Crippen MR) is 99.9 cm³/mol. The number of halogens is 1. The lowest BCUT2D eigenvalue weighted by Gasteiger charge is -2.66. The minimum Gasteiger partial charge on any atom is -0.370 e. The molecular formula is C19H32BrN3. The molecule has 2 N–H and O–H groups in total. The van der Waals surface area contributed by atoms with Crippen molar-refractivity contribution in [3.8, 4) is 0 Å². The average molecular weight is 382 g/mol. The standard InChI is InChI=1S/C19H31N3.BrH/c1-22-16(11-21-17(22)20)19-9-13-6-14(10-19)8-18(7-13,12-19)15-4-2-3-5-15;/h13-16H,2-12H2,1H3,(H2,20,21);1H. The minimum atomic E-state index is 0. The molecule has 6 rings (SSSR count). The molecule has 130 valence electrons. The summed E-state index contributed by atoms with van der Waals surface area (Å²) in [6.45, 7) is 0.961. The van der Waals surface area contributed by atoms with Crippen LogP contribution in [0, 0.1) is 28.6 Å². The fourth-order valence-corrected chi connectivity index (χ4v) is 7.99. The van der Waals surface area contributed by atoms with E-state index in [-0.39, 0.29) is 17.0 Å². The smallest absolute Gasteiger partial charge is 0.191 e. The molecule has 5 aliphatic carbocycles. The maximum Gasteiger partial charge on any atom is 0.191 e. The van der Waals surface area contributed by atoms with Gasteiger partial charge in [0.1, 0.15) is 0 Å². The van der Waals surface area contributed by atoms with Crippen molar-refractivity contribution < 1.29 is 0 Å². The summed E-state index contributed by atoms with van der Waals surface area (Å²) in [5.41, 5.74) is 7.36. The second kappa shape index (κ2) is 5.37. The van der Waals surface area contributed by atoms with Crippen LogP contribution in [0.1, 0.15) is 64.2 Å². The van der Waals surface area contributed by atoms with E-state index in [9.17, 15) is 0 Å². The highest BCUT2D eigenvalue weighted by molar-refractivity contribution is 8.93. The molecule has 0 saturated heterocycles. The molecule has 0 amide bonds. The molecule has 3 nitrogen and oxygen atoms in total. The molecule has 3 atom stereocenters. The molecular weight excluding hydrogens is 350 g/mol. The van der Waals surface area contributed by atoms with E-state index in [2.05, 4.69) is 16.9 Å². The van der Waals surface area contributed by atoms with Gasteiger partial charge in [-0.2, -0.15) is 0 Å². The van der Waals surface area contributed by atoms with Crippen LogP contribution in [0.15, 0.2) is 4.99 Å². The lowest BCUT2D eigenvalue weighted by molar-refractivity contribution is -0.153. The Bertz CT molecular complexity index is 497. The van der Waals surface area contributed by atoms with Gasteiger partial charge in [0.2, 0.25) is 0 Å². The van der Waals surface area contributed by atoms with Crippen molar-refractivity contribution in [3.63, 3.8) is 0 Å². The first-order valence-corrected chi connectivity index (χ1v) is 9.63. The van der Waals surface area contributed by atoms with Crippen molar-refractivity contribution in [2.24, 2.45) is 39.3 Å². The summed E-state index contributed by atoms with van der Waals surface area (Å²) in [7, 11) is 2.19. The van der Waals surface area contributed by atoms with Gasteiger partial charge in [-0.15, -0.1) is 17.0 Å². The number of aliphatic imine (C=N–C) groups is 1. The van der Waals surface area contributed by atoms with Crippen molar-refractivity contribution in [2.75, 3.05) is 13.6 Å². The molecule has 0 aromatic heterocycles. The highest BCUT2D eigenvalue weighted by atomic mass is 79.9. The first-order valence-electron chi connectivity index (χ1n) is 9.63. The fourth-order valence-electron chi connectivity index (χ4n) is 7.99. The van der Waals surface area contributed by atoms with E-state index in [1.165, 1.54) is 51.4 Å². The molecule has 5 saturated carbocycles. The summed E-state index contributed by atoms with van der Waals surface area (Å²) in [6.07, 6.45) is 15.1. The Balaban J connectivity index is 0.00000135. The zero-order valence-electron chi connectivity index (χ0n) is 14.5. The Morgan fingerprint density at radius 3 is 2.22 bits per heavy atom. The second-order valence-electron chi connectivity index (χ2n) is 9.49. The van der Waals surface area contributed by atoms with Crippen LogP contribution >= 0.6 is 17.0 Å². The van der Waals surface area contributed by atoms with Gasteiger partial charge in [-0.1, -0.05) is 12.8 Å². The Morgan fingerprint density at radius 2 is 1.65 bits per heavy atom. The maximum absolute atomic E-state index is 6.12. The summed E-state index contributed by atoms with van der Waals surface area (Å²) < 4.78 is 0. The summed E-state index contributed by atoms with van der Waals surface area (Å²) in [4.78, 5) is 6.93. The molecule has 4 heteroatoms. The number of rotatable bonds is 2. The molecule has 5 fully saturated rings. The van der Waals surface area contributed by atoms with Crippen LogP contribution < -0.4 is 5.73 Å². The van der Waals surface area contributed by atoms with E-state index in [4.69, 9.17) is 5.73 Å². The van der Waals surface area contributed by atoms with E-state index in [1.807, 2.05) is 0 Å². The van der Waals surface area contributed by atoms with Crippen LogP contribution in [-0.4, -0.2) is 30.5 Å². The van der Waals surface area contributed by atoms with Crippen LogP contribution in [0.5, 0.6) is 0 Å². The number of hydrogen-bond donors (Lipinski definition) is 1. The van der Waals surface area contributed by atoms with Crippen molar-refractivity contribution >= 4 is 22.9 Å².